The Bertz CT molecular complexity index is 155. The Morgan fingerprint density at radius 3 is 3.00 bits per heavy atom. The highest BCUT2D eigenvalue weighted by Crippen LogP contribution is 2.16. The third-order valence-corrected chi connectivity index (χ3v) is 3.14. The van der Waals surface area contributed by atoms with Gasteiger partial charge in [-0.25, -0.2) is 0 Å². The number of carbonyl (C=O) groups excluding carboxylic acids is 1. The van der Waals surface area contributed by atoms with Gasteiger partial charge >= 0.3 is 0 Å². The third-order valence-electron chi connectivity index (χ3n) is 1.92. The summed E-state index contributed by atoms with van der Waals surface area (Å²) >= 11 is 1.90. The van der Waals surface area contributed by atoms with Crippen molar-refractivity contribution >= 4 is 17.7 Å². The highest BCUT2D eigenvalue weighted by Gasteiger charge is 2.17. The Morgan fingerprint density at radius 2 is 2.50 bits per heavy atom. The van der Waals surface area contributed by atoms with Crippen LogP contribution in [-0.4, -0.2) is 29.5 Å². The molecule has 12 heavy (non-hydrogen) atoms. The smallest absolute Gasteiger partial charge is 0.236 e. The van der Waals surface area contributed by atoms with Gasteiger partial charge in [0.05, 0.1) is 6.04 Å². The SMILES string of the molecule is C[C@@H](N)C(=O)NC1CCCSC1. The molecule has 0 aromatic heterocycles. The van der Waals surface area contributed by atoms with Crippen LogP contribution < -0.4 is 11.1 Å². The maximum atomic E-state index is 11.2. The molecule has 0 bridgehead atoms. The van der Waals surface area contributed by atoms with E-state index in [1.165, 1.54) is 12.2 Å². The zero-order valence-electron chi connectivity index (χ0n) is 7.38. The van der Waals surface area contributed by atoms with Gasteiger partial charge in [0.1, 0.15) is 0 Å². The van der Waals surface area contributed by atoms with E-state index in [1.807, 2.05) is 11.8 Å². The van der Waals surface area contributed by atoms with Crippen LogP contribution in [0.3, 0.4) is 0 Å². The molecule has 0 aliphatic carbocycles. The summed E-state index contributed by atoms with van der Waals surface area (Å²) in [7, 11) is 0. The lowest BCUT2D eigenvalue weighted by atomic mass is 10.2. The fourth-order valence-electron chi connectivity index (χ4n) is 1.19. The Kier molecular flexibility index (Phi) is 3.88. The topological polar surface area (TPSA) is 55.1 Å². The molecule has 70 valence electrons. The molecular formula is C8H16N2OS. The molecule has 1 fully saturated rings. The molecule has 1 aliphatic heterocycles. The Hall–Kier alpha value is -0.220. The first-order chi connectivity index (χ1) is 5.70. The number of nitrogens with one attached hydrogen (secondary N) is 1. The average Bonchev–Trinajstić information content (AvgIpc) is 2.06. The number of nitrogens with two attached hydrogens (primary N) is 1. The first-order valence-corrected chi connectivity index (χ1v) is 5.49. The monoisotopic (exact) mass is 188 g/mol. The van der Waals surface area contributed by atoms with E-state index in [9.17, 15) is 4.79 Å². The summed E-state index contributed by atoms with van der Waals surface area (Å²) in [5.74, 6) is 2.24. The molecular weight excluding hydrogens is 172 g/mol. The standard InChI is InChI=1S/C8H16N2OS/c1-6(9)8(11)10-7-3-2-4-12-5-7/h6-7H,2-5,9H2,1H3,(H,10,11)/t6-,7?/m1/s1. The van der Waals surface area contributed by atoms with Crippen molar-refractivity contribution in [2.45, 2.75) is 31.8 Å². The number of rotatable bonds is 2. The molecule has 4 heteroatoms. The molecule has 0 aromatic rings. The highest BCUT2D eigenvalue weighted by molar-refractivity contribution is 7.99. The van der Waals surface area contributed by atoms with E-state index < -0.39 is 0 Å². The summed E-state index contributed by atoms with van der Waals surface area (Å²) < 4.78 is 0. The molecule has 0 saturated carbocycles. The maximum Gasteiger partial charge on any atom is 0.236 e. The van der Waals surface area contributed by atoms with Gasteiger partial charge in [0.25, 0.3) is 0 Å². The van der Waals surface area contributed by atoms with Crippen LogP contribution in [-0.2, 0) is 4.79 Å². The predicted molar refractivity (Wildman–Crippen MR) is 52.1 cm³/mol. The van der Waals surface area contributed by atoms with Crippen molar-refractivity contribution in [3.8, 4) is 0 Å². The Morgan fingerprint density at radius 1 is 1.75 bits per heavy atom. The molecule has 1 aliphatic rings. The second-order valence-electron chi connectivity index (χ2n) is 3.21. The Labute approximate surface area is 77.5 Å². The number of carbonyl (C=O) groups is 1. The fourth-order valence-corrected chi connectivity index (χ4v) is 2.26. The Balaban J connectivity index is 2.24. The molecule has 1 heterocycles. The molecule has 1 amide bonds. The van der Waals surface area contributed by atoms with Crippen molar-refractivity contribution in [1.29, 1.82) is 0 Å². The number of amides is 1. The lowest BCUT2D eigenvalue weighted by Crippen LogP contribution is -2.45. The van der Waals surface area contributed by atoms with Crippen molar-refractivity contribution < 1.29 is 4.79 Å². The van der Waals surface area contributed by atoms with Crippen molar-refractivity contribution in [3.63, 3.8) is 0 Å². The van der Waals surface area contributed by atoms with Crippen LogP contribution in [0.15, 0.2) is 0 Å². The number of hydrogen-bond donors (Lipinski definition) is 2. The van der Waals surface area contributed by atoms with Crippen LogP contribution in [0.1, 0.15) is 19.8 Å². The minimum atomic E-state index is -0.378. The summed E-state index contributed by atoms with van der Waals surface area (Å²) in [5, 5.41) is 2.93. The number of hydrogen-bond acceptors (Lipinski definition) is 3. The minimum absolute atomic E-state index is 0.0255. The molecule has 3 nitrogen and oxygen atoms in total. The van der Waals surface area contributed by atoms with Crippen molar-refractivity contribution in [3.05, 3.63) is 0 Å². The first kappa shape index (κ1) is 9.86. The van der Waals surface area contributed by atoms with Gasteiger partial charge in [0.15, 0.2) is 0 Å². The van der Waals surface area contributed by atoms with Crippen LogP contribution in [0.25, 0.3) is 0 Å². The summed E-state index contributed by atoms with van der Waals surface area (Å²) in [6.07, 6.45) is 2.31. The second kappa shape index (κ2) is 4.72. The van der Waals surface area contributed by atoms with Gasteiger partial charge in [-0.1, -0.05) is 0 Å². The molecule has 3 N–H and O–H groups in total. The maximum absolute atomic E-state index is 11.2. The van der Waals surface area contributed by atoms with Crippen LogP contribution in [0, 0.1) is 0 Å². The largest absolute Gasteiger partial charge is 0.351 e. The molecule has 0 spiro atoms. The van der Waals surface area contributed by atoms with E-state index in [-0.39, 0.29) is 11.9 Å². The second-order valence-corrected chi connectivity index (χ2v) is 4.36. The van der Waals surface area contributed by atoms with Gasteiger partial charge < -0.3 is 11.1 Å². The molecule has 1 unspecified atom stereocenters. The van der Waals surface area contributed by atoms with E-state index in [4.69, 9.17) is 5.73 Å². The summed E-state index contributed by atoms with van der Waals surface area (Å²) in [5.41, 5.74) is 5.43. The summed E-state index contributed by atoms with van der Waals surface area (Å²) in [4.78, 5) is 11.2. The quantitative estimate of drug-likeness (QED) is 0.657. The van der Waals surface area contributed by atoms with E-state index in [2.05, 4.69) is 5.32 Å². The van der Waals surface area contributed by atoms with E-state index in [1.54, 1.807) is 6.92 Å². The van der Waals surface area contributed by atoms with Gasteiger partial charge in [-0.05, 0) is 25.5 Å². The molecule has 0 radical (unpaired) electrons. The van der Waals surface area contributed by atoms with Crippen LogP contribution in [0.4, 0.5) is 0 Å². The lowest BCUT2D eigenvalue weighted by molar-refractivity contribution is -0.122. The summed E-state index contributed by atoms with van der Waals surface area (Å²) in [6, 6.07) is -0.0285. The van der Waals surface area contributed by atoms with Crippen molar-refractivity contribution in [1.82, 2.24) is 5.32 Å². The summed E-state index contributed by atoms with van der Waals surface area (Å²) in [6.45, 7) is 1.71. The highest BCUT2D eigenvalue weighted by atomic mass is 32.2. The van der Waals surface area contributed by atoms with Crippen LogP contribution >= 0.6 is 11.8 Å². The average molecular weight is 188 g/mol. The minimum Gasteiger partial charge on any atom is -0.351 e. The van der Waals surface area contributed by atoms with Gasteiger partial charge in [0.2, 0.25) is 5.91 Å². The molecule has 0 aromatic carbocycles. The zero-order chi connectivity index (χ0) is 8.97. The zero-order valence-corrected chi connectivity index (χ0v) is 8.19. The number of thioether (sulfide) groups is 1. The van der Waals surface area contributed by atoms with Crippen molar-refractivity contribution in [2.75, 3.05) is 11.5 Å². The normalized spacial score (nSPS) is 26.3. The van der Waals surface area contributed by atoms with E-state index in [0.29, 0.717) is 6.04 Å². The molecule has 2 atom stereocenters. The lowest BCUT2D eigenvalue weighted by Gasteiger charge is -2.23. The van der Waals surface area contributed by atoms with Crippen LogP contribution in [0.5, 0.6) is 0 Å². The van der Waals surface area contributed by atoms with Gasteiger partial charge in [-0.15, -0.1) is 0 Å². The fraction of sp³-hybridized carbons (Fsp3) is 0.875. The predicted octanol–water partition coefficient (Wildman–Crippen LogP) is 0.345. The molecule has 1 rings (SSSR count). The molecule has 1 saturated heterocycles. The van der Waals surface area contributed by atoms with Gasteiger partial charge in [-0.3, -0.25) is 4.79 Å². The first-order valence-electron chi connectivity index (χ1n) is 4.34. The van der Waals surface area contributed by atoms with Gasteiger partial charge in [-0.2, -0.15) is 11.8 Å². The van der Waals surface area contributed by atoms with Crippen LogP contribution in [0.2, 0.25) is 0 Å². The van der Waals surface area contributed by atoms with Gasteiger partial charge in [0, 0.05) is 11.8 Å². The van der Waals surface area contributed by atoms with E-state index >= 15 is 0 Å². The van der Waals surface area contributed by atoms with E-state index in [0.717, 1.165) is 12.2 Å². The van der Waals surface area contributed by atoms with Crippen molar-refractivity contribution in [2.24, 2.45) is 5.73 Å². The third kappa shape index (κ3) is 3.03.